The number of hydrogen-bond donors (Lipinski definition) is 1. The summed E-state index contributed by atoms with van der Waals surface area (Å²) >= 11 is 6.10. The molecule has 1 amide bonds. The summed E-state index contributed by atoms with van der Waals surface area (Å²) in [6, 6.07) is 11.1. The summed E-state index contributed by atoms with van der Waals surface area (Å²) in [5.74, 6) is -0.150. The van der Waals surface area contributed by atoms with Crippen LogP contribution >= 0.6 is 11.6 Å². The topological polar surface area (TPSA) is 67.8 Å². The predicted octanol–water partition coefficient (Wildman–Crippen LogP) is 2.54. The minimum atomic E-state index is -0.150. The second-order valence-corrected chi connectivity index (χ2v) is 5.12. The summed E-state index contributed by atoms with van der Waals surface area (Å²) < 4.78 is 0. The summed E-state index contributed by atoms with van der Waals surface area (Å²) in [5, 5.41) is 3.09. The van der Waals surface area contributed by atoms with E-state index in [9.17, 15) is 4.79 Å². The monoisotopic (exact) mass is 312 g/mol. The van der Waals surface area contributed by atoms with Gasteiger partial charge in [0, 0.05) is 18.9 Å². The Labute approximate surface area is 132 Å². The molecule has 0 aliphatic heterocycles. The normalized spacial score (nSPS) is 10.6. The lowest BCUT2D eigenvalue weighted by atomic mass is 10.2. The molecule has 0 radical (unpaired) electrons. The van der Waals surface area contributed by atoms with Gasteiger partial charge in [-0.1, -0.05) is 23.7 Å². The van der Waals surface area contributed by atoms with Crippen molar-refractivity contribution in [2.24, 2.45) is 0 Å². The number of carbonyl (C=O) groups excluding carboxylic acids is 1. The van der Waals surface area contributed by atoms with Crippen molar-refractivity contribution in [3.8, 4) is 0 Å². The third-order valence-corrected chi connectivity index (χ3v) is 3.46. The molecule has 5 nitrogen and oxygen atoms in total. The second-order valence-electron chi connectivity index (χ2n) is 4.76. The second kappa shape index (κ2) is 6.49. The van der Waals surface area contributed by atoms with E-state index >= 15 is 0 Å². The summed E-state index contributed by atoms with van der Waals surface area (Å²) in [6.07, 6.45) is 3.47. The Bertz CT molecular complexity index is 808. The fourth-order valence-corrected chi connectivity index (χ4v) is 2.24. The highest BCUT2D eigenvalue weighted by atomic mass is 35.5. The van der Waals surface area contributed by atoms with Gasteiger partial charge in [-0.2, -0.15) is 0 Å². The van der Waals surface area contributed by atoms with E-state index in [1.54, 1.807) is 12.4 Å². The maximum absolute atomic E-state index is 12.0. The first-order chi connectivity index (χ1) is 10.7. The number of fused-ring (bicyclic) bond motifs is 1. The van der Waals surface area contributed by atoms with Crippen molar-refractivity contribution in [2.45, 2.75) is 13.0 Å². The van der Waals surface area contributed by atoms with Gasteiger partial charge < -0.3 is 5.32 Å². The SMILES string of the molecule is O=C(Cc1nc2ccccc2nc1Cl)NCc1ccncc1. The number of nitrogens with zero attached hydrogens (tertiary/aromatic N) is 3. The van der Waals surface area contributed by atoms with Gasteiger partial charge in [0.15, 0.2) is 5.15 Å². The molecule has 1 N–H and O–H groups in total. The van der Waals surface area contributed by atoms with Crippen LogP contribution in [0.5, 0.6) is 0 Å². The number of para-hydroxylation sites is 2. The molecule has 0 saturated carbocycles. The van der Waals surface area contributed by atoms with Crippen LogP contribution in [0, 0.1) is 0 Å². The zero-order chi connectivity index (χ0) is 15.4. The standard InChI is InChI=1S/C16H13ClN4O/c17-16-14(20-12-3-1-2-4-13(12)21-16)9-15(22)19-10-11-5-7-18-8-6-11/h1-8H,9-10H2,(H,19,22). The van der Waals surface area contributed by atoms with Crippen LogP contribution in [0.1, 0.15) is 11.3 Å². The van der Waals surface area contributed by atoms with Gasteiger partial charge >= 0.3 is 0 Å². The number of amides is 1. The van der Waals surface area contributed by atoms with Gasteiger partial charge in [-0.25, -0.2) is 9.97 Å². The van der Waals surface area contributed by atoms with Crippen molar-refractivity contribution in [1.82, 2.24) is 20.3 Å². The van der Waals surface area contributed by atoms with Crippen molar-refractivity contribution < 1.29 is 4.79 Å². The summed E-state index contributed by atoms with van der Waals surface area (Å²) in [6.45, 7) is 0.444. The molecule has 2 aromatic heterocycles. The number of halogens is 1. The number of rotatable bonds is 4. The summed E-state index contributed by atoms with van der Waals surface area (Å²) in [7, 11) is 0. The van der Waals surface area contributed by atoms with Gasteiger partial charge in [-0.15, -0.1) is 0 Å². The van der Waals surface area contributed by atoms with Crippen molar-refractivity contribution in [3.05, 3.63) is 65.2 Å². The number of carbonyl (C=O) groups is 1. The number of aromatic nitrogens is 3. The first-order valence-corrected chi connectivity index (χ1v) is 7.17. The van der Waals surface area contributed by atoms with Gasteiger partial charge in [0.1, 0.15) is 0 Å². The van der Waals surface area contributed by atoms with E-state index in [0.29, 0.717) is 17.8 Å². The van der Waals surface area contributed by atoms with Crippen LogP contribution in [0.15, 0.2) is 48.8 Å². The highest BCUT2D eigenvalue weighted by Gasteiger charge is 2.11. The van der Waals surface area contributed by atoms with Crippen LogP contribution in [0.3, 0.4) is 0 Å². The van der Waals surface area contributed by atoms with Gasteiger partial charge in [0.2, 0.25) is 5.91 Å². The van der Waals surface area contributed by atoms with E-state index in [2.05, 4.69) is 20.3 Å². The molecule has 0 saturated heterocycles. The highest BCUT2D eigenvalue weighted by molar-refractivity contribution is 6.30. The highest BCUT2D eigenvalue weighted by Crippen LogP contribution is 2.17. The largest absolute Gasteiger partial charge is 0.352 e. The number of pyridine rings is 1. The van der Waals surface area contributed by atoms with Crippen LogP contribution < -0.4 is 5.32 Å². The molecule has 110 valence electrons. The van der Waals surface area contributed by atoms with Crippen molar-refractivity contribution in [3.63, 3.8) is 0 Å². The Hall–Kier alpha value is -2.53. The Balaban J connectivity index is 1.70. The minimum Gasteiger partial charge on any atom is -0.352 e. The van der Waals surface area contributed by atoms with Crippen molar-refractivity contribution in [2.75, 3.05) is 0 Å². The Morgan fingerprint density at radius 1 is 1.05 bits per heavy atom. The molecule has 0 aliphatic rings. The van der Waals surface area contributed by atoms with Gasteiger partial charge in [0.25, 0.3) is 0 Å². The molecule has 0 atom stereocenters. The molecule has 0 fully saturated rings. The number of hydrogen-bond acceptors (Lipinski definition) is 4. The molecular weight excluding hydrogens is 300 g/mol. The van der Waals surface area contributed by atoms with Gasteiger partial charge in [-0.3, -0.25) is 9.78 Å². The molecule has 3 rings (SSSR count). The van der Waals surface area contributed by atoms with Crippen LogP contribution in [0.2, 0.25) is 5.15 Å². The maximum atomic E-state index is 12.0. The zero-order valence-corrected chi connectivity index (χ0v) is 12.4. The van der Waals surface area contributed by atoms with Gasteiger partial charge in [-0.05, 0) is 29.8 Å². The number of nitrogens with one attached hydrogen (secondary N) is 1. The molecule has 0 unspecified atom stereocenters. The smallest absolute Gasteiger partial charge is 0.226 e. The molecule has 1 aromatic carbocycles. The first kappa shape index (κ1) is 14.4. The average molecular weight is 313 g/mol. The van der Waals surface area contributed by atoms with E-state index in [1.807, 2.05) is 36.4 Å². The number of benzene rings is 1. The third-order valence-electron chi connectivity index (χ3n) is 3.16. The Morgan fingerprint density at radius 3 is 2.45 bits per heavy atom. The zero-order valence-electron chi connectivity index (χ0n) is 11.7. The lowest BCUT2D eigenvalue weighted by Crippen LogP contribution is -2.25. The molecule has 0 spiro atoms. The van der Waals surface area contributed by atoms with Gasteiger partial charge in [0.05, 0.1) is 23.1 Å². The summed E-state index contributed by atoms with van der Waals surface area (Å²) in [5.41, 5.74) is 2.91. The van der Waals surface area contributed by atoms with E-state index in [-0.39, 0.29) is 17.5 Å². The van der Waals surface area contributed by atoms with E-state index in [0.717, 1.165) is 11.1 Å². The molecule has 3 aromatic rings. The molecule has 2 heterocycles. The Morgan fingerprint density at radius 2 is 1.73 bits per heavy atom. The van der Waals surface area contributed by atoms with Crippen LogP contribution in [0.25, 0.3) is 11.0 Å². The Kier molecular flexibility index (Phi) is 4.25. The van der Waals surface area contributed by atoms with Crippen molar-refractivity contribution in [1.29, 1.82) is 0 Å². The molecule has 6 heteroatoms. The van der Waals surface area contributed by atoms with Crippen molar-refractivity contribution >= 4 is 28.5 Å². The predicted molar refractivity (Wildman–Crippen MR) is 84.3 cm³/mol. The quantitative estimate of drug-likeness (QED) is 0.804. The third kappa shape index (κ3) is 3.38. The lowest BCUT2D eigenvalue weighted by Gasteiger charge is -2.07. The molecular formula is C16H13ClN4O. The van der Waals surface area contributed by atoms with E-state index in [4.69, 9.17) is 11.6 Å². The first-order valence-electron chi connectivity index (χ1n) is 6.79. The van der Waals surface area contributed by atoms with Crippen LogP contribution in [-0.4, -0.2) is 20.9 Å². The maximum Gasteiger partial charge on any atom is 0.226 e. The van der Waals surface area contributed by atoms with Crippen LogP contribution in [-0.2, 0) is 17.8 Å². The fourth-order valence-electron chi connectivity index (χ4n) is 2.04. The molecule has 0 aliphatic carbocycles. The molecule has 0 bridgehead atoms. The average Bonchev–Trinajstić information content (AvgIpc) is 2.55. The van der Waals surface area contributed by atoms with Crippen LogP contribution in [0.4, 0.5) is 0 Å². The summed E-state index contributed by atoms with van der Waals surface area (Å²) in [4.78, 5) is 24.6. The minimum absolute atomic E-state index is 0.0990. The van der Waals surface area contributed by atoms with E-state index in [1.165, 1.54) is 0 Å². The molecule has 22 heavy (non-hydrogen) atoms. The van der Waals surface area contributed by atoms with E-state index < -0.39 is 0 Å². The lowest BCUT2D eigenvalue weighted by molar-refractivity contribution is -0.120. The fraction of sp³-hybridized carbons (Fsp3) is 0.125.